The summed E-state index contributed by atoms with van der Waals surface area (Å²) in [7, 11) is 1.39. The van der Waals surface area contributed by atoms with Gasteiger partial charge in [0.2, 0.25) is 5.91 Å². The Labute approximate surface area is 137 Å². The Kier molecular flexibility index (Phi) is 4.55. The maximum Gasteiger partial charge on any atom is 0.337 e. The third kappa shape index (κ3) is 3.19. The van der Waals surface area contributed by atoms with E-state index in [0.717, 1.165) is 38.2 Å². The van der Waals surface area contributed by atoms with Gasteiger partial charge in [0.15, 0.2) is 0 Å². The fourth-order valence-corrected chi connectivity index (χ4v) is 3.34. The van der Waals surface area contributed by atoms with Gasteiger partial charge >= 0.3 is 5.97 Å². The summed E-state index contributed by atoms with van der Waals surface area (Å²) < 4.78 is 4.72. The molecule has 0 aromatic heterocycles. The highest BCUT2D eigenvalue weighted by atomic mass is 16.5. The van der Waals surface area contributed by atoms with Gasteiger partial charge in [0.1, 0.15) is 0 Å². The van der Waals surface area contributed by atoms with Crippen LogP contribution >= 0.6 is 0 Å². The van der Waals surface area contributed by atoms with Crippen LogP contribution in [0.15, 0.2) is 24.3 Å². The predicted octanol–water partition coefficient (Wildman–Crippen LogP) is 2.31. The molecule has 0 radical (unpaired) electrons. The molecule has 2 fully saturated rings. The average Bonchev–Trinajstić information content (AvgIpc) is 2.52. The molecule has 1 aliphatic heterocycles. The van der Waals surface area contributed by atoms with Crippen molar-refractivity contribution in [1.82, 2.24) is 4.90 Å². The van der Waals surface area contributed by atoms with Crippen molar-refractivity contribution >= 4 is 17.6 Å². The minimum atomic E-state index is -0.319. The first-order chi connectivity index (χ1) is 11.1. The monoisotopic (exact) mass is 316 g/mol. The molecule has 1 aromatic carbocycles. The molecule has 1 aliphatic carbocycles. The maximum absolute atomic E-state index is 12.4. The Morgan fingerprint density at radius 2 is 1.83 bits per heavy atom. The number of carbonyl (C=O) groups is 2. The number of anilines is 1. The summed E-state index contributed by atoms with van der Waals surface area (Å²) >= 11 is 0. The van der Waals surface area contributed by atoms with Crippen LogP contribution in [0.2, 0.25) is 0 Å². The van der Waals surface area contributed by atoms with E-state index in [2.05, 4.69) is 11.8 Å². The summed E-state index contributed by atoms with van der Waals surface area (Å²) in [6.45, 7) is 4.55. The molecule has 1 saturated carbocycles. The summed E-state index contributed by atoms with van der Waals surface area (Å²) in [6.07, 6.45) is 3.30. The highest BCUT2D eigenvalue weighted by Gasteiger charge is 2.34. The topological polar surface area (TPSA) is 49.9 Å². The van der Waals surface area contributed by atoms with E-state index < -0.39 is 0 Å². The molecule has 0 N–H and O–H groups in total. The molecular weight excluding hydrogens is 292 g/mol. The molecule has 1 amide bonds. The number of hydrogen-bond donors (Lipinski definition) is 0. The molecule has 1 saturated heterocycles. The molecule has 124 valence electrons. The van der Waals surface area contributed by atoms with Crippen LogP contribution < -0.4 is 4.90 Å². The van der Waals surface area contributed by atoms with Crippen molar-refractivity contribution < 1.29 is 14.3 Å². The summed E-state index contributed by atoms with van der Waals surface area (Å²) in [5.41, 5.74) is 1.64. The Balaban J connectivity index is 1.63. The van der Waals surface area contributed by atoms with E-state index in [9.17, 15) is 9.59 Å². The Morgan fingerprint density at radius 3 is 2.35 bits per heavy atom. The molecular formula is C18H24N2O3. The van der Waals surface area contributed by atoms with Crippen LogP contribution in [0.4, 0.5) is 5.69 Å². The van der Waals surface area contributed by atoms with Crippen molar-refractivity contribution in [3.05, 3.63) is 29.8 Å². The molecule has 5 nitrogen and oxygen atoms in total. The Morgan fingerprint density at radius 1 is 1.13 bits per heavy atom. The van der Waals surface area contributed by atoms with Crippen molar-refractivity contribution in [3.63, 3.8) is 0 Å². The summed E-state index contributed by atoms with van der Waals surface area (Å²) in [4.78, 5) is 28.3. The first-order valence-corrected chi connectivity index (χ1v) is 8.34. The minimum Gasteiger partial charge on any atom is -0.465 e. The fourth-order valence-electron chi connectivity index (χ4n) is 3.34. The van der Waals surface area contributed by atoms with E-state index in [0.29, 0.717) is 11.5 Å². The largest absolute Gasteiger partial charge is 0.465 e. The van der Waals surface area contributed by atoms with Crippen LogP contribution in [0.3, 0.4) is 0 Å². The zero-order chi connectivity index (χ0) is 16.4. The lowest BCUT2D eigenvalue weighted by molar-refractivity contribution is -0.140. The summed E-state index contributed by atoms with van der Waals surface area (Å²) in [6, 6.07) is 7.69. The van der Waals surface area contributed by atoms with Gasteiger partial charge in [-0.3, -0.25) is 4.79 Å². The van der Waals surface area contributed by atoms with E-state index in [1.807, 2.05) is 17.0 Å². The molecule has 1 aromatic rings. The van der Waals surface area contributed by atoms with Gasteiger partial charge in [-0.05, 0) is 44.0 Å². The average molecular weight is 316 g/mol. The predicted molar refractivity (Wildman–Crippen MR) is 88.5 cm³/mol. The molecule has 5 heteroatoms. The quantitative estimate of drug-likeness (QED) is 0.803. The zero-order valence-corrected chi connectivity index (χ0v) is 13.8. The van der Waals surface area contributed by atoms with E-state index in [1.54, 1.807) is 12.1 Å². The number of benzene rings is 1. The van der Waals surface area contributed by atoms with Gasteiger partial charge in [-0.25, -0.2) is 4.79 Å². The van der Waals surface area contributed by atoms with Gasteiger partial charge in [0.05, 0.1) is 12.7 Å². The fraction of sp³-hybridized carbons (Fsp3) is 0.556. The molecule has 0 bridgehead atoms. The van der Waals surface area contributed by atoms with Crippen molar-refractivity contribution in [2.24, 2.45) is 5.92 Å². The lowest BCUT2D eigenvalue weighted by atomic mass is 9.84. The highest BCUT2D eigenvalue weighted by Crippen LogP contribution is 2.30. The number of nitrogens with zero attached hydrogens (tertiary/aromatic N) is 2. The number of rotatable bonds is 3. The minimum absolute atomic E-state index is 0.220. The number of hydrogen-bond acceptors (Lipinski definition) is 4. The Hall–Kier alpha value is -2.04. The Bertz CT molecular complexity index is 580. The molecule has 2 aliphatic rings. The third-order valence-corrected chi connectivity index (χ3v) is 5.02. The van der Waals surface area contributed by atoms with Gasteiger partial charge in [-0.15, -0.1) is 0 Å². The molecule has 0 spiro atoms. The molecule has 23 heavy (non-hydrogen) atoms. The number of methoxy groups -OCH3 is 1. The van der Waals surface area contributed by atoms with Gasteiger partial charge in [-0.1, -0.05) is 6.42 Å². The highest BCUT2D eigenvalue weighted by molar-refractivity contribution is 5.89. The number of carbonyl (C=O) groups excluding carboxylic acids is 2. The molecule has 3 rings (SSSR count). The van der Waals surface area contributed by atoms with E-state index in [-0.39, 0.29) is 17.9 Å². The second kappa shape index (κ2) is 6.60. The van der Waals surface area contributed by atoms with E-state index in [4.69, 9.17) is 4.74 Å². The SMILES string of the molecule is COC(=O)c1ccc(N2CCN(C(=O)C3CCC3)[C@H](C)C2)cc1. The summed E-state index contributed by atoms with van der Waals surface area (Å²) in [5.74, 6) is 0.286. The molecule has 1 atom stereocenters. The van der Waals surface area contributed by atoms with Gasteiger partial charge < -0.3 is 14.5 Å². The lowest BCUT2D eigenvalue weighted by Gasteiger charge is -2.43. The van der Waals surface area contributed by atoms with E-state index in [1.165, 1.54) is 13.5 Å². The standard InChI is InChI=1S/C18H24N2O3/c1-13-12-19(10-11-20(13)17(21)14-4-3-5-14)16-8-6-15(7-9-16)18(22)23-2/h6-9,13-14H,3-5,10-12H2,1-2H3/t13-/m1/s1. The van der Waals surface area contributed by atoms with Crippen LogP contribution in [-0.4, -0.2) is 49.6 Å². The number of ether oxygens (including phenoxy) is 1. The maximum atomic E-state index is 12.4. The van der Waals surface area contributed by atoms with Crippen molar-refractivity contribution in [3.8, 4) is 0 Å². The zero-order valence-electron chi connectivity index (χ0n) is 13.8. The van der Waals surface area contributed by atoms with E-state index >= 15 is 0 Å². The van der Waals surface area contributed by atoms with Crippen molar-refractivity contribution in [1.29, 1.82) is 0 Å². The number of amides is 1. The van der Waals surface area contributed by atoms with Crippen LogP contribution in [-0.2, 0) is 9.53 Å². The first-order valence-electron chi connectivity index (χ1n) is 8.34. The second-order valence-corrected chi connectivity index (χ2v) is 6.49. The van der Waals surface area contributed by atoms with Gasteiger partial charge in [-0.2, -0.15) is 0 Å². The van der Waals surface area contributed by atoms with Crippen LogP contribution in [0.5, 0.6) is 0 Å². The molecule has 0 unspecified atom stereocenters. The second-order valence-electron chi connectivity index (χ2n) is 6.49. The van der Waals surface area contributed by atoms with Gasteiger partial charge in [0, 0.05) is 37.3 Å². The first kappa shape index (κ1) is 15.8. The van der Waals surface area contributed by atoms with Crippen molar-refractivity contribution in [2.75, 3.05) is 31.6 Å². The van der Waals surface area contributed by atoms with Crippen LogP contribution in [0.25, 0.3) is 0 Å². The normalized spacial score (nSPS) is 21.7. The van der Waals surface area contributed by atoms with Gasteiger partial charge in [0.25, 0.3) is 0 Å². The van der Waals surface area contributed by atoms with Crippen molar-refractivity contribution in [2.45, 2.75) is 32.2 Å². The van der Waals surface area contributed by atoms with Crippen LogP contribution in [0, 0.1) is 5.92 Å². The smallest absolute Gasteiger partial charge is 0.337 e. The number of esters is 1. The summed E-state index contributed by atoms with van der Waals surface area (Å²) in [5, 5.41) is 0. The van der Waals surface area contributed by atoms with Crippen LogP contribution in [0.1, 0.15) is 36.5 Å². The third-order valence-electron chi connectivity index (χ3n) is 5.02. The number of piperazine rings is 1. The molecule has 1 heterocycles. The lowest BCUT2D eigenvalue weighted by Crippen LogP contribution is -2.56.